The minimum absolute atomic E-state index is 0.191. The molecule has 1 N–H and O–H groups in total. The molecule has 0 bridgehead atoms. The molecule has 19 heavy (non-hydrogen) atoms. The summed E-state index contributed by atoms with van der Waals surface area (Å²) in [6, 6.07) is 9.83. The standard InChI is InChI=1S/C15H12O4/c1-9(2)15(18)19-13-6-5-10-3-4-11(14(16)17)7-12(10)8-13/h3-8H,1H2,2H3,(H,16,17). The summed E-state index contributed by atoms with van der Waals surface area (Å²) in [6.07, 6.45) is 0. The van der Waals surface area contributed by atoms with Gasteiger partial charge in [0.2, 0.25) is 0 Å². The number of carboxylic acids is 1. The van der Waals surface area contributed by atoms with Crippen LogP contribution in [0.5, 0.6) is 5.75 Å². The van der Waals surface area contributed by atoms with Crippen LogP contribution in [0.1, 0.15) is 17.3 Å². The number of carbonyl (C=O) groups is 2. The van der Waals surface area contributed by atoms with Gasteiger partial charge in [-0.25, -0.2) is 9.59 Å². The van der Waals surface area contributed by atoms with Crippen LogP contribution in [0.15, 0.2) is 48.6 Å². The zero-order valence-electron chi connectivity index (χ0n) is 10.3. The molecule has 4 nitrogen and oxygen atoms in total. The molecular weight excluding hydrogens is 244 g/mol. The fourth-order valence-corrected chi connectivity index (χ4v) is 1.62. The Morgan fingerprint density at radius 1 is 1.11 bits per heavy atom. The van der Waals surface area contributed by atoms with E-state index >= 15 is 0 Å². The molecule has 96 valence electrons. The summed E-state index contributed by atoms with van der Waals surface area (Å²) in [4.78, 5) is 22.3. The van der Waals surface area contributed by atoms with E-state index in [4.69, 9.17) is 9.84 Å². The molecule has 0 aliphatic rings. The average Bonchev–Trinajstić information content (AvgIpc) is 2.37. The van der Waals surface area contributed by atoms with Gasteiger partial charge in [-0.15, -0.1) is 0 Å². The van der Waals surface area contributed by atoms with Crippen molar-refractivity contribution in [1.82, 2.24) is 0 Å². The molecule has 0 spiro atoms. The van der Waals surface area contributed by atoms with Gasteiger partial charge in [0.05, 0.1) is 5.56 Å². The van der Waals surface area contributed by atoms with E-state index in [0.717, 1.165) is 5.39 Å². The number of fused-ring (bicyclic) bond motifs is 1. The molecule has 0 radical (unpaired) electrons. The van der Waals surface area contributed by atoms with Crippen molar-refractivity contribution in [3.8, 4) is 5.75 Å². The molecule has 0 aromatic heterocycles. The number of benzene rings is 2. The molecule has 0 fully saturated rings. The van der Waals surface area contributed by atoms with Crippen molar-refractivity contribution in [2.75, 3.05) is 0 Å². The summed E-state index contributed by atoms with van der Waals surface area (Å²) in [5, 5.41) is 10.5. The first-order valence-electron chi connectivity index (χ1n) is 5.62. The highest BCUT2D eigenvalue weighted by Crippen LogP contribution is 2.22. The highest BCUT2D eigenvalue weighted by atomic mass is 16.5. The third kappa shape index (κ3) is 2.80. The summed E-state index contributed by atoms with van der Waals surface area (Å²) in [7, 11) is 0. The maximum Gasteiger partial charge on any atom is 0.338 e. The van der Waals surface area contributed by atoms with E-state index in [-0.39, 0.29) is 5.56 Å². The van der Waals surface area contributed by atoms with Gasteiger partial charge >= 0.3 is 11.9 Å². The lowest BCUT2D eigenvalue weighted by molar-refractivity contribution is -0.130. The van der Waals surface area contributed by atoms with Crippen LogP contribution in [0.3, 0.4) is 0 Å². The van der Waals surface area contributed by atoms with Gasteiger partial charge in [-0.1, -0.05) is 18.7 Å². The van der Waals surface area contributed by atoms with Crippen molar-refractivity contribution in [2.24, 2.45) is 0 Å². The van der Waals surface area contributed by atoms with Crippen molar-refractivity contribution in [3.05, 3.63) is 54.1 Å². The van der Waals surface area contributed by atoms with E-state index in [2.05, 4.69) is 6.58 Å². The number of ether oxygens (including phenoxy) is 1. The number of rotatable bonds is 3. The predicted molar refractivity (Wildman–Crippen MR) is 71.4 cm³/mol. The van der Waals surface area contributed by atoms with Crippen LogP contribution >= 0.6 is 0 Å². The fraction of sp³-hybridized carbons (Fsp3) is 0.0667. The van der Waals surface area contributed by atoms with Gasteiger partial charge in [0.1, 0.15) is 5.75 Å². The number of hydrogen-bond acceptors (Lipinski definition) is 3. The van der Waals surface area contributed by atoms with Gasteiger partial charge in [-0.05, 0) is 42.0 Å². The van der Waals surface area contributed by atoms with E-state index in [1.54, 1.807) is 31.2 Å². The summed E-state index contributed by atoms with van der Waals surface area (Å²) in [5.74, 6) is -1.14. The van der Waals surface area contributed by atoms with E-state index in [9.17, 15) is 9.59 Å². The van der Waals surface area contributed by atoms with Crippen molar-refractivity contribution in [3.63, 3.8) is 0 Å². The summed E-state index contributed by atoms with van der Waals surface area (Å²) in [5.41, 5.74) is 0.496. The first-order chi connectivity index (χ1) is 8.97. The molecule has 0 unspecified atom stereocenters. The zero-order valence-corrected chi connectivity index (χ0v) is 10.3. The molecule has 0 saturated carbocycles. The van der Waals surface area contributed by atoms with Gasteiger partial charge in [-0.2, -0.15) is 0 Å². The molecular formula is C15H12O4. The Labute approximate surface area is 109 Å². The summed E-state index contributed by atoms with van der Waals surface area (Å²) in [6.45, 7) is 5.06. The van der Waals surface area contributed by atoms with Gasteiger partial charge in [0.15, 0.2) is 0 Å². The molecule has 0 amide bonds. The van der Waals surface area contributed by atoms with Crippen LogP contribution < -0.4 is 4.74 Å². The molecule has 4 heteroatoms. The van der Waals surface area contributed by atoms with Crippen LogP contribution in [0, 0.1) is 0 Å². The van der Waals surface area contributed by atoms with Crippen molar-refractivity contribution < 1.29 is 19.4 Å². The average molecular weight is 256 g/mol. The third-order valence-electron chi connectivity index (χ3n) is 2.62. The predicted octanol–water partition coefficient (Wildman–Crippen LogP) is 3.02. The second kappa shape index (κ2) is 4.94. The van der Waals surface area contributed by atoms with Crippen molar-refractivity contribution in [1.29, 1.82) is 0 Å². The molecule has 2 aromatic carbocycles. The van der Waals surface area contributed by atoms with Crippen molar-refractivity contribution >= 4 is 22.7 Å². The minimum atomic E-state index is -0.994. The monoisotopic (exact) mass is 256 g/mol. The Bertz CT molecular complexity index is 686. The Hall–Kier alpha value is -2.62. The van der Waals surface area contributed by atoms with Gasteiger partial charge in [-0.3, -0.25) is 0 Å². The minimum Gasteiger partial charge on any atom is -0.478 e. The van der Waals surface area contributed by atoms with E-state index in [1.165, 1.54) is 12.1 Å². The smallest absolute Gasteiger partial charge is 0.338 e. The molecule has 2 rings (SSSR count). The lowest BCUT2D eigenvalue weighted by Gasteiger charge is -2.06. The highest BCUT2D eigenvalue weighted by Gasteiger charge is 2.07. The van der Waals surface area contributed by atoms with Crippen LogP contribution in [-0.4, -0.2) is 17.0 Å². The maximum atomic E-state index is 11.4. The Balaban J connectivity index is 2.40. The Morgan fingerprint density at radius 3 is 2.42 bits per heavy atom. The van der Waals surface area contributed by atoms with Crippen LogP contribution in [0.25, 0.3) is 10.8 Å². The Kier molecular flexibility index (Phi) is 3.33. The number of esters is 1. The number of carbonyl (C=O) groups excluding carboxylic acids is 1. The number of hydrogen-bond donors (Lipinski definition) is 1. The van der Waals surface area contributed by atoms with Gasteiger partial charge in [0.25, 0.3) is 0 Å². The van der Waals surface area contributed by atoms with Crippen molar-refractivity contribution in [2.45, 2.75) is 6.92 Å². The first kappa shape index (κ1) is 12.8. The maximum absolute atomic E-state index is 11.4. The lowest BCUT2D eigenvalue weighted by atomic mass is 10.1. The molecule has 0 atom stereocenters. The quantitative estimate of drug-likeness (QED) is 0.521. The Morgan fingerprint density at radius 2 is 1.79 bits per heavy atom. The number of aromatic carboxylic acids is 1. The SMILES string of the molecule is C=C(C)C(=O)Oc1ccc2ccc(C(=O)O)cc2c1. The topological polar surface area (TPSA) is 63.6 Å². The van der Waals surface area contributed by atoms with Gasteiger partial charge < -0.3 is 9.84 Å². The molecule has 0 saturated heterocycles. The summed E-state index contributed by atoms with van der Waals surface area (Å²) >= 11 is 0. The van der Waals surface area contributed by atoms with E-state index < -0.39 is 11.9 Å². The number of carboxylic acid groups (broad SMARTS) is 1. The van der Waals surface area contributed by atoms with Crippen LogP contribution in [0.4, 0.5) is 0 Å². The van der Waals surface area contributed by atoms with Gasteiger partial charge in [0, 0.05) is 5.57 Å². The largest absolute Gasteiger partial charge is 0.478 e. The molecule has 0 heterocycles. The third-order valence-corrected chi connectivity index (χ3v) is 2.62. The lowest BCUT2D eigenvalue weighted by Crippen LogP contribution is -2.08. The summed E-state index contributed by atoms with van der Waals surface area (Å²) < 4.78 is 5.10. The normalized spacial score (nSPS) is 10.2. The first-order valence-corrected chi connectivity index (χ1v) is 5.62. The zero-order chi connectivity index (χ0) is 14.0. The second-order valence-corrected chi connectivity index (χ2v) is 4.20. The van der Waals surface area contributed by atoms with Crippen LogP contribution in [0.2, 0.25) is 0 Å². The second-order valence-electron chi connectivity index (χ2n) is 4.20. The molecule has 2 aromatic rings. The fourth-order valence-electron chi connectivity index (χ4n) is 1.62. The van der Waals surface area contributed by atoms with Crippen LogP contribution in [-0.2, 0) is 4.79 Å². The molecule has 0 aliphatic carbocycles. The van der Waals surface area contributed by atoms with E-state index in [1.807, 2.05) is 0 Å². The molecule has 0 aliphatic heterocycles. The van der Waals surface area contributed by atoms with E-state index in [0.29, 0.717) is 16.7 Å². The highest BCUT2D eigenvalue weighted by molar-refractivity contribution is 5.95.